The van der Waals surface area contributed by atoms with Gasteiger partial charge in [0.1, 0.15) is 10.9 Å². The van der Waals surface area contributed by atoms with Crippen LogP contribution in [-0.2, 0) is 4.79 Å². The number of amides is 3. The Morgan fingerprint density at radius 1 is 1.03 bits per heavy atom. The minimum atomic E-state index is -1.10. The molecule has 11 heteroatoms. The SMILES string of the molecule is COc1ccc([C@H](C(=O)NC2CCCC2)N(C(=O)c2snc(C(N)=O)c2N)c2ccc(C)c(C)c2)cc1OC. The van der Waals surface area contributed by atoms with E-state index in [1.54, 1.807) is 24.3 Å². The molecule has 39 heavy (non-hydrogen) atoms. The number of carbonyl (C=O) groups is 3. The number of nitrogens with one attached hydrogen (secondary N) is 1. The number of aromatic nitrogens is 1. The average Bonchev–Trinajstić information content (AvgIpc) is 3.57. The Bertz CT molecular complexity index is 1400. The molecule has 4 rings (SSSR count). The van der Waals surface area contributed by atoms with Crippen molar-refractivity contribution in [2.75, 3.05) is 24.9 Å². The van der Waals surface area contributed by atoms with E-state index in [9.17, 15) is 14.4 Å². The van der Waals surface area contributed by atoms with Gasteiger partial charge in [0.05, 0.1) is 19.9 Å². The lowest BCUT2D eigenvalue weighted by atomic mass is 10.00. The number of hydrogen-bond acceptors (Lipinski definition) is 8. The van der Waals surface area contributed by atoms with Crippen LogP contribution in [-0.4, -0.2) is 42.4 Å². The fraction of sp³-hybridized carbons (Fsp3) is 0.357. The Labute approximate surface area is 231 Å². The Kier molecular flexibility index (Phi) is 8.39. The molecule has 3 aromatic rings. The summed E-state index contributed by atoms with van der Waals surface area (Å²) in [6.45, 7) is 3.89. The van der Waals surface area contributed by atoms with Gasteiger partial charge >= 0.3 is 0 Å². The zero-order valence-corrected chi connectivity index (χ0v) is 23.3. The Morgan fingerprint density at radius 3 is 2.31 bits per heavy atom. The smallest absolute Gasteiger partial charge is 0.273 e. The first-order chi connectivity index (χ1) is 18.7. The summed E-state index contributed by atoms with van der Waals surface area (Å²) in [7, 11) is 3.03. The highest BCUT2D eigenvalue weighted by molar-refractivity contribution is 7.09. The van der Waals surface area contributed by atoms with Crippen LogP contribution in [0.1, 0.15) is 68.6 Å². The molecule has 1 saturated carbocycles. The largest absolute Gasteiger partial charge is 0.493 e. The van der Waals surface area contributed by atoms with Crippen molar-refractivity contribution in [1.29, 1.82) is 0 Å². The quantitative estimate of drug-likeness (QED) is 0.365. The zero-order chi connectivity index (χ0) is 28.3. The van der Waals surface area contributed by atoms with Gasteiger partial charge in [-0.2, -0.15) is 4.37 Å². The van der Waals surface area contributed by atoms with Crippen LogP contribution < -0.4 is 31.2 Å². The van der Waals surface area contributed by atoms with E-state index in [2.05, 4.69) is 9.69 Å². The second kappa shape index (κ2) is 11.7. The maximum Gasteiger partial charge on any atom is 0.273 e. The van der Waals surface area contributed by atoms with Crippen molar-refractivity contribution in [2.24, 2.45) is 5.73 Å². The third-order valence-corrected chi connectivity index (χ3v) is 7.93. The number of nitrogens with two attached hydrogens (primary N) is 2. The minimum Gasteiger partial charge on any atom is -0.493 e. The zero-order valence-electron chi connectivity index (χ0n) is 22.4. The van der Waals surface area contributed by atoms with Gasteiger partial charge in [0.25, 0.3) is 11.8 Å². The third-order valence-electron chi connectivity index (χ3n) is 7.07. The molecule has 2 aromatic carbocycles. The summed E-state index contributed by atoms with van der Waals surface area (Å²) < 4.78 is 14.9. The Hall–Kier alpha value is -4.12. The monoisotopic (exact) mass is 551 g/mol. The van der Waals surface area contributed by atoms with Gasteiger partial charge in [-0.25, -0.2) is 0 Å². The van der Waals surface area contributed by atoms with Gasteiger partial charge in [-0.3, -0.25) is 19.3 Å². The lowest BCUT2D eigenvalue weighted by Crippen LogP contribution is -2.46. The summed E-state index contributed by atoms with van der Waals surface area (Å²) in [4.78, 5) is 41.6. The van der Waals surface area contributed by atoms with Gasteiger partial charge in [0.2, 0.25) is 5.91 Å². The lowest BCUT2D eigenvalue weighted by molar-refractivity contribution is -0.123. The highest BCUT2D eigenvalue weighted by Gasteiger charge is 2.37. The number of aryl methyl sites for hydroxylation is 2. The van der Waals surface area contributed by atoms with Crippen molar-refractivity contribution >= 4 is 40.6 Å². The number of hydrogen-bond donors (Lipinski definition) is 3. The van der Waals surface area contributed by atoms with E-state index in [0.29, 0.717) is 22.7 Å². The molecule has 3 amide bonds. The lowest BCUT2D eigenvalue weighted by Gasteiger charge is -2.32. The highest BCUT2D eigenvalue weighted by atomic mass is 32.1. The molecule has 5 N–H and O–H groups in total. The van der Waals surface area contributed by atoms with Crippen LogP contribution in [0.4, 0.5) is 11.4 Å². The summed E-state index contributed by atoms with van der Waals surface area (Å²) in [6, 6.07) is 9.52. The number of anilines is 2. The van der Waals surface area contributed by atoms with Crippen LogP contribution in [0.5, 0.6) is 11.5 Å². The predicted molar refractivity (Wildman–Crippen MR) is 150 cm³/mol. The molecule has 10 nitrogen and oxygen atoms in total. The summed E-state index contributed by atoms with van der Waals surface area (Å²) >= 11 is 0.770. The van der Waals surface area contributed by atoms with Gasteiger partial charge < -0.3 is 26.3 Å². The van der Waals surface area contributed by atoms with Crippen molar-refractivity contribution in [3.63, 3.8) is 0 Å². The van der Waals surface area contributed by atoms with Crippen LogP contribution in [0.15, 0.2) is 36.4 Å². The number of rotatable bonds is 9. The molecule has 0 bridgehead atoms. The molecule has 1 aliphatic rings. The molecule has 0 spiro atoms. The molecule has 1 fully saturated rings. The number of nitrogen functional groups attached to an aromatic ring is 1. The van der Waals surface area contributed by atoms with Crippen LogP contribution in [0, 0.1) is 13.8 Å². The molecule has 0 radical (unpaired) electrons. The van der Waals surface area contributed by atoms with E-state index in [1.165, 1.54) is 19.1 Å². The van der Waals surface area contributed by atoms with Gasteiger partial charge in [-0.1, -0.05) is 25.0 Å². The predicted octanol–water partition coefficient (Wildman–Crippen LogP) is 3.91. The van der Waals surface area contributed by atoms with E-state index in [1.807, 2.05) is 26.0 Å². The topological polar surface area (TPSA) is 150 Å². The second-order valence-electron chi connectivity index (χ2n) is 9.59. The number of carbonyl (C=O) groups excluding carboxylic acids is 3. The van der Waals surface area contributed by atoms with Crippen LogP contribution in [0.25, 0.3) is 0 Å². The summed E-state index contributed by atoms with van der Waals surface area (Å²) in [5, 5.41) is 3.14. The molecular weight excluding hydrogens is 518 g/mol. The number of ether oxygens (including phenoxy) is 2. The van der Waals surface area contributed by atoms with Crippen LogP contribution in [0.2, 0.25) is 0 Å². The first kappa shape index (κ1) is 27.9. The van der Waals surface area contributed by atoms with E-state index in [4.69, 9.17) is 20.9 Å². The van der Waals surface area contributed by atoms with Gasteiger partial charge in [0, 0.05) is 11.7 Å². The van der Waals surface area contributed by atoms with Gasteiger partial charge in [-0.15, -0.1) is 0 Å². The third kappa shape index (κ3) is 5.68. The normalized spacial score (nSPS) is 14.1. The van der Waals surface area contributed by atoms with E-state index >= 15 is 0 Å². The molecule has 0 saturated heterocycles. The fourth-order valence-electron chi connectivity index (χ4n) is 4.79. The number of primary amides is 1. The van der Waals surface area contributed by atoms with E-state index in [0.717, 1.165) is 48.3 Å². The van der Waals surface area contributed by atoms with Gasteiger partial charge in [0.15, 0.2) is 17.2 Å². The van der Waals surface area contributed by atoms with Crippen molar-refractivity contribution in [3.05, 3.63) is 63.7 Å². The first-order valence-electron chi connectivity index (χ1n) is 12.6. The average molecular weight is 552 g/mol. The van der Waals surface area contributed by atoms with Crippen LogP contribution >= 0.6 is 11.5 Å². The van der Waals surface area contributed by atoms with Crippen molar-refractivity contribution in [2.45, 2.75) is 51.6 Å². The molecular formula is C28H33N5O5S. The standard InChI is InChI=1S/C28H33N5O5S/c1-15-9-11-19(13-16(15)2)33(28(36)25-22(29)23(26(30)34)32-39-25)24(27(35)31-18-7-5-6-8-18)17-10-12-20(37-3)21(14-17)38-4/h9-14,18,24H,5-8,29H2,1-4H3,(H2,30,34)(H,31,35)/t24-/m1/s1. The molecule has 1 aliphatic carbocycles. The highest BCUT2D eigenvalue weighted by Crippen LogP contribution is 2.37. The number of benzene rings is 2. The number of methoxy groups -OCH3 is 2. The first-order valence-corrected chi connectivity index (χ1v) is 13.4. The van der Waals surface area contributed by atoms with Crippen molar-refractivity contribution < 1.29 is 23.9 Å². The maximum absolute atomic E-state index is 14.3. The summed E-state index contributed by atoms with van der Waals surface area (Å²) in [5.74, 6) is -0.871. The summed E-state index contributed by atoms with van der Waals surface area (Å²) in [6.07, 6.45) is 3.79. The summed E-state index contributed by atoms with van der Waals surface area (Å²) in [5.41, 5.74) is 14.2. The van der Waals surface area contributed by atoms with E-state index < -0.39 is 17.9 Å². The van der Waals surface area contributed by atoms with Crippen molar-refractivity contribution in [3.8, 4) is 11.5 Å². The van der Waals surface area contributed by atoms with Crippen LogP contribution in [0.3, 0.4) is 0 Å². The molecule has 0 aliphatic heterocycles. The van der Waals surface area contributed by atoms with Gasteiger partial charge in [-0.05, 0) is 79.2 Å². The number of nitrogens with zero attached hydrogens (tertiary/aromatic N) is 2. The van der Waals surface area contributed by atoms with E-state index in [-0.39, 0.29) is 28.2 Å². The second-order valence-corrected chi connectivity index (χ2v) is 10.4. The molecule has 1 heterocycles. The minimum absolute atomic E-state index is 0.00629. The molecule has 0 unspecified atom stereocenters. The Morgan fingerprint density at radius 2 is 1.72 bits per heavy atom. The molecule has 1 aromatic heterocycles. The Balaban J connectivity index is 1.92. The molecule has 1 atom stereocenters. The fourth-order valence-corrected chi connectivity index (χ4v) is 5.53. The maximum atomic E-state index is 14.3. The molecule has 206 valence electrons. The van der Waals surface area contributed by atoms with Crippen molar-refractivity contribution in [1.82, 2.24) is 9.69 Å².